The van der Waals surface area contributed by atoms with Crippen LogP contribution in [0.25, 0.3) is 10.1 Å². The summed E-state index contributed by atoms with van der Waals surface area (Å²) in [6, 6.07) is 8.60. The molecule has 8 heteroatoms. The van der Waals surface area contributed by atoms with Crippen LogP contribution in [0.4, 0.5) is 5.69 Å². The third-order valence-electron chi connectivity index (χ3n) is 3.31. The number of amides is 1. The number of hydrogen-bond donors (Lipinski definition) is 2. The molecule has 0 unspecified atom stereocenters. The van der Waals surface area contributed by atoms with Gasteiger partial charge in [0.25, 0.3) is 11.5 Å². The number of fused-ring (bicyclic) bond motifs is 1. The Bertz CT molecular complexity index is 1010. The summed E-state index contributed by atoms with van der Waals surface area (Å²) in [5.74, 6) is -1.14. The van der Waals surface area contributed by atoms with E-state index in [1.165, 1.54) is 30.7 Å². The van der Waals surface area contributed by atoms with Gasteiger partial charge < -0.3 is 15.0 Å². The Morgan fingerprint density at radius 3 is 2.75 bits per heavy atom. The van der Waals surface area contributed by atoms with Crippen molar-refractivity contribution in [1.29, 1.82) is 0 Å². The van der Waals surface area contributed by atoms with Crippen LogP contribution in [0.2, 0.25) is 5.02 Å². The van der Waals surface area contributed by atoms with Crippen molar-refractivity contribution in [2.75, 3.05) is 12.4 Å². The van der Waals surface area contributed by atoms with Gasteiger partial charge in [0.05, 0.1) is 17.7 Å². The molecule has 0 aliphatic heterocycles. The molecule has 0 atom stereocenters. The number of H-pyrrole nitrogens is 1. The third-order valence-corrected chi connectivity index (χ3v) is 4.99. The number of carbonyl (C=O) groups excluding carboxylic acids is 2. The predicted octanol–water partition coefficient (Wildman–Crippen LogP) is 3.28. The number of aromatic nitrogens is 1. The molecule has 2 heterocycles. The number of rotatable bonds is 3. The van der Waals surface area contributed by atoms with Crippen LogP contribution in [0, 0.1) is 0 Å². The summed E-state index contributed by atoms with van der Waals surface area (Å²) in [5.41, 5.74) is -0.473. The Balaban J connectivity index is 1.95. The zero-order valence-electron chi connectivity index (χ0n) is 12.4. The third kappa shape index (κ3) is 2.91. The summed E-state index contributed by atoms with van der Waals surface area (Å²) >= 11 is 7.48. The van der Waals surface area contributed by atoms with E-state index >= 15 is 0 Å². The first-order valence-electron chi connectivity index (χ1n) is 6.80. The molecule has 1 amide bonds. The molecule has 2 N–H and O–H groups in total. The number of thiophene rings is 1. The molecule has 6 nitrogen and oxygen atoms in total. The van der Waals surface area contributed by atoms with Gasteiger partial charge in [-0.05, 0) is 12.1 Å². The average molecular weight is 363 g/mol. The van der Waals surface area contributed by atoms with Crippen LogP contribution in [0.15, 0.2) is 41.3 Å². The maximum Gasteiger partial charge on any atom is 0.339 e. The van der Waals surface area contributed by atoms with E-state index in [0.717, 1.165) is 10.1 Å². The summed E-state index contributed by atoms with van der Waals surface area (Å²) in [6.45, 7) is 0. The lowest BCUT2D eigenvalue weighted by Crippen LogP contribution is -2.20. The SMILES string of the molecule is COC(=O)c1c[nH]c(=O)c(NC(=O)c2sc3ccccc3c2Cl)c1. The highest BCUT2D eigenvalue weighted by molar-refractivity contribution is 7.21. The van der Waals surface area contributed by atoms with E-state index in [-0.39, 0.29) is 11.3 Å². The van der Waals surface area contributed by atoms with E-state index < -0.39 is 17.4 Å². The van der Waals surface area contributed by atoms with E-state index in [2.05, 4.69) is 15.0 Å². The van der Waals surface area contributed by atoms with Gasteiger partial charge in [-0.15, -0.1) is 11.3 Å². The molecule has 0 aliphatic rings. The molecule has 0 bridgehead atoms. The van der Waals surface area contributed by atoms with Crippen LogP contribution in [0.3, 0.4) is 0 Å². The Kier molecular flexibility index (Phi) is 4.37. The highest BCUT2D eigenvalue weighted by atomic mass is 35.5. The molecule has 122 valence electrons. The molecule has 0 spiro atoms. The smallest absolute Gasteiger partial charge is 0.339 e. The summed E-state index contributed by atoms with van der Waals surface area (Å²) in [4.78, 5) is 38.5. The Hall–Kier alpha value is -2.64. The zero-order chi connectivity index (χ0) is 17.3. The molecule has 0 radical (unpaired) electrons. The Morgan fingerprint density at radius 2 is 2.04 bits per heavy atom. The number of ether oxygens (including phenoxy) is 1. The second-order valence-electron chi connectivity index (χ2n) is 4.82. The molecular weight excluding hydrogens is 352 g/mol. The number of benzene rings is 1. The number of carbonyl (C=O) groups is 2. The number of esters is 1. The molecule has 24 heavy (non-hydrogen) atoms. The maximum absolute atomic E-state index is 12.5. The topological polar surface area (TPSA) is 88.3 Å². The number of nitrogens with one attached hydrogen (secondary N) is 2. The highest BCUT2D eigenvalue weighted by Crippen LogP contribution is 2.35. The van der Waals surface area contributed by atoms with Crippen LogP contribution < -0.4 is 10.9 Å². The van der Waals surface area contributed by atoms with Crippen LogP contribution in [0.1, 0.15) is 20.0 Å². The predicted molar refractivity (Wildman–Crippen MR) is 93.2 cm³/mol. The van der Waals surface area contributed by atoms with Crippen LogP contribution in [0.5, 0.6) is 0 Å². The van der Waals surface area contributed by atoms with Crippen molar-refractivity contribution in [1.82, 2.24) is 4.98 Å². The minimum atomic E-state index is -0.623. The first-order valence-corrected chi connectivity index (χ1v) is 8.00. The fourth-order valence-corrected chi connectivity index (χ4v) is 3.56. The summed E-state index contributed by atoms with van der Waals surface area (Å²) in [6.07, 6.45) is 1.22. The van der Waals surface area contributed by atoms with Gasteiger partial charge in [-0.25, -0.2) is 4.79 Å². The van der Waals surface area contributed by atoms with Crippen LogP contribution >= 0.6 is 22.9 Å². The van der Waals surface area contributed by atoms with Gasteiger partial charge in [-0.2, -0.15) is 0 Å². The Morgan fingerprint density at radius 1 is 1.29 bits per heavy atom. The average Bonchev–Trinajstić information content (AvgIpc) is 2.93. The van der Waals surface area contributed by atoms with Gasteiger partial charge in [-0.3, -0.25) is 9.59 Å². The van der Waals surface area contributed by atoms with Crippen molar-refractivity contribution >= 4 is 50.6 Å². The van der Waals surface area contributed by atoms with E-state index in [1.807, 2.05) is 24.3 Å². The van der Waals surface area contributed by atoms with E-state index in [0.29, 0.717) is 9.90 Å². The molecule has 1 aromatic carbocycles. The minimum Gasteiger partial charge on any atom is -0.465 e. The van der Waals surface area contributed by atoms with Crippen LogP contribution in [-0.2, 0) is 4.74 Å². The molecule has 0 saturated carbocycles. The van der Waals surface area contributed by atoms with Gasteiger partial charge in [0, 0.05) is 16.3 Å². The van der Waals surface area contributed by atoms with Gasteiger partial charge in [-0.1, -0.05) is 29.8 Å². The van der Waals surface area contributed by atoms with E-state index in [1.54, 1.807) is 0 Å². The van der Waals surface area contributed by atoms with E-state index in [9.17, 15) is 14.4 Å². The second kappa shape index (κ2) is 6.46. The van der Waals surface area contributed by atoms with Crippen molar-refractivity contribution in [2.24, 2.45) is 0 Å². The van der Waals surface area contributed by atoms with Gasteiger partial charge in [0.1, 0.15) is 10.6 Å². The second-order valence-corrected chi connectivity index (χ2v) is 6.25. The molecule has 3 aromatic rings. The quantitative estimate of drug-likeness (QED) is 0.700. The number of anilines is 1. The standard InChI is InChI=1S/C16H11ClN2O4S/c1-23-16(22)8-6-10(14(20)18-7-8)19-15(21)13-12(17)9-4-2-3-5-11(9)24-13/h2-7H,1H3,(H,18,20)(H,19,21). The maximum atomic E-state index is 12.5. The zero-order valence-corrected chi connectivity index (χ0v) is 14.0. The monoisotopic (exact) mass is 362 g/mol. The highest BCUT2D eigenvalue weighted by Gasteiger charge is 2.18. The lowest BCUT2D eigenvalue weighted by atomic mass is 10.2. The molecular formula is C16H11ClN2O4S. The first-order chi connectivity index (χ1) is 11.5. The number of aromatic amines is 1. The van der Waals surface area contributed by atoms with Crippen molar-refractivity contribution in [3.8, 4) is 0 Å². The Labute approximate surface area is 145 Å². The first kappa shape index (κ1) is 16.2. The number of methoxy groups -OCH3 is 1. The van der Waals surface area contributed by atoms with Gasteiger partial charge in [0.2, 0.25) is 0 Å². The number of pyridine rings is 1. The van der Waals surface area contributed by atoms with Gasteiger partial charge >= 0.3 is 5.97 Å². The van der Waals surface area contributed by atoms with Gasteiger partial charge in [0.15, 0.2) is 0 Å². The van der Waals surface area contributed by atoms with Crippen molar-refractivity contribution in [2.45, 2.75) is 0 Å². The minimum absolute atomic E-state index is 0.0589. The number of halogens is 1. The summed E-state index contributed by atoms with van der Waals surface area (Å²) in [7, 11) is 1.22. The molecule has 0 aliphatic carbocycles. The summed E-state index contributed by atoms with van der Waals surface area (Å²) in [5, 5.41) is 3.58. The lowest BCUT2D eigenvalue weighted by Gasteiger charge is -2.05. The van der Waals surface area contributed by atoms with Crippen molar-refractivity contribution < 1.29 is 14.3 Å². The molecule has 2 aromatic heterocycles. The fraction of sp³-hybridized carbons (Fsp3) is 0.0625. The largest absolute Gasteiger partial charge is 0.465 e. The molecule has 3 rings (SSSR count). The summed E-state index contributed by atoms with van der Waals surface area (Å²) < 4.78 is 5.45. The molecule has 0 saturated heterocycles. The van der Waals surface area contributed by atoms with Crippen molar-refractivity contribution in [3.63, 3.8) is 0 Å². The lowest BCUT2D eigenvalue weighted by molar-refractivity contribution is 0.0600. The number of hydrogen-bond acceptors (Lipinski definition) is 5. The molecule has 0 fully saturated rings. The normalized spacial score (nSPS) is 10.6. The van der Waals surface area contributed by atoms with Crippen LogP contribution in [-0.4, -0.2) is 24.0 Å². The van der Waals surface area contributed by atoms with Crippen molar-refractivity contribution in [3.05, 3.63) is 62.3 Å². The van der Waals surface area contributed by atoms with E-state index in [4.69, 9.17) is 11.6 Å². The fourth-order valence-electron chi connectivity index (χ4n) is 2.15.